The van der Waals surface area contributed by atoms with Crippen LogP contribution >= 0.6 is 0 Å². The molecule has 13 heteroatoms. The first-order valence-electron chi connectivity index (χ1n) is 11.3. The van der Waals surface area contributed by atoms with Crippen LogP contribution in [0.15, 0.2) is 0 Å². The largest absolute Gasteiger partial charge is 0.522 e. The summed E-state index contributed by atoms with van der Waals surface area (Å²) in [5, 5.41) is 9.90. The Bertz CT molecular complexity index is 841. The lowest BCUT2D eigenvalue weighted by Crippen LogP contribution is -2.55. The van der Waals surface area contributed by atoms with Crippen molar-refractivity contribution in [3.63, 3.8) is 0 Å². The molecule has 0 aromatic heterocycles. The van der Waals surface area contributed by atoms with Crippen LogP contribution in [0.25, 0.3) is 0 Å². The van der Waals surface area contributed by atoms with Gasteiger partial charge in [-0.1, -0.05) is 12.8 Å². The minimum Gasteiger partial charge on any atom is -0.356 e. The van der Waals surface area contributed by atoms with E-state index in [4.69, 9.17) is 0 Å². The zero-order valence-electron chi connectivity index (χ0n) is 18.8. The smallest absolute Gasteiger partial charge is 0.356 e. The summed E-state index contributed by atoms with van der Waals surface area (Å²) in [4.78, 5) is 61.8. The molecule has 2 aliphatic carbocycles. The highest BCUT2D eigenvalue weighted by molar-refractivity contribution is 6.35. The maximum Gasteiger partial charge on any atom is 0.522 e. The maximum absolute atomic E-state index is 13.0. The SMILES string of the molecule is CC1(NC(=O)C(=O)N[C@@H](CC2CC2)C(=O)N[C@@H](C[C@@H]2CCNC2=O)C(=O)COC(F)(F)F)CC1. The van der Waals surface area contributed by atoms with Crippen molar-refractivity contribution in [3.8, 4) is 0 Å². The van der Waals surface area contributed by atoms with E-state index in [1.54, 1.807) is 6.92 Å². The predicted molar refractivity (Wildman–Crippen MR) is 110 cm³/mol. The second-order valence-corrected chi connectivity index (χ2v) is 9.49. The van der Waals surface area contributed by atoms with Gasteiger partial charge in [0.2, 0.25) is 11.8 Å². The molecular weight excluding hydrogens is 461 g/mol. The third kappa shape index (κ3) is 7.96. The summed E-state index contributed by atoms with van der Waals surface area (Å²) >= 11 is 0. The second-order valence-electron chi connectivity index (χ2n) is 9.49. The molecule has 1 heterocycles. The minimum absolute atomic E-state index is 0.142. The number of amides is 4. The van der Waals surface area contributed by atoms with Crippen LogP contribution < -0.4 is 21.3 Å². The van der Waals surface area contributed by atoms with Crippen LogP contribution in [-0.4, -0.2) is 66.5 Å². The average molecular weight is 490 g/mol. The first-order valence-corrected chi connectivity index (χ1v) is 11.3. The summed E-state index contributed by atoms with van der Waals surface area (Å²) in [5.41, 5.74) is -0.444. The number of nitrogens with one attached hydrogen (secondary N) is 4. The van der Waals surface area contributed by atoms with Crippen molar-refractivity contribution in [3.05, 3.63) is 0 Å². The van der Waals surface area contributed by atoms with Gasteiger partial charge in [-0.15, -0.1) is 13.2 Å². The van der Waals surface area contributed by atoms with Crippen LogP contribution in [0.5, 0.6) is 0 Å². The van der Waals surface area contributed by atoms with E-state index in [1.807, 2.05) is 0 Å². The van der Waals surface area contributed by atoms with Gasteiger partial charge in [-0.05, 0) is 44.9 Å². The molecule has 2 saturated carbocycles. The molecule has 34 heavy (non-hydrogen) atoms. The molecule has 3 atom stereocenters. The maximum atomic E-state index is 13.0. The molecule has 1 aliphatic heterocycles. The molecule has 0 aromatic carbocycles. The van der Waals surface area contributed by atoms with Gasteiger partial charge < -0.3 is 21.3 Å². The van der Waals surface area contributed by atoms with Gasteiger partial charge in [0.25, 0.3) is 0 Å². The molecule has 3 fully saturated rings. The molecule has 1 saturated heterocycles. The number of hydrogen-bond acceptors (Lipinski definition) is 6. The lowest BCUT2D eigenvalue weighted by Gasteiger charge is -2.24. The van der Waals surface area contributed by atoms with Crippen LogP contribution in [0.3, 0.4) is 0 Å². The summed E-state index contributed by atoms with van der Waals surface area (Å²) in [5.74, 6) is -4.65. The van der Waals surface area contributed by atoms with E-state index in [0.29, 0.717) is 13.0 Å². The summed E-state index contributed by atoms with van der Waals surface area (Å²) in [6.45, 7) is 0.806. The van der Waals surface area contributed by atoms with Gasteiger partial charge in [0.15, 0.2) is 5.78 Å². The van der Waals surface area contributed by atoms with Crippen LogP contribution in [0.2, 0.25) is 0 Å². The van der Waals surface area contributed by atoms with Gasteiger partial charge in [0, 0.05) is 18.0 Å². The lowest BCUT2D eigenvalue weighted by atomic mass is 9.95. The topological polar surface area (TPSA) is 143 Å². The fourth-order valence-corrected chi connectivity index (χ4v) is 3.74. The molecule has 0 unspecified atom stereocenters. The Hall–Kier alpha value is -2.70. The van der Waals surface area contributed by atoms with E-state index in [9.17, 15) is 37.1 Å². The predicted octanol–water partition coefficient (Wildman–Crippen LogP) is 0.0565. The molecule has 4 amide bonds. The summed E-state index contributed by atoms with van der Waals surface area (Å²) in [6, 6.07) is -2.59. The number of hydrogen-bond donors (Lipinski definition) is 4. The standard InChI is InChI=1S/C21H29F3N4O6/c1-20(5-6-20)28-19(33)18(32)27-14(8-11-2-3-11)17(31)26-13(9-12-4-7-25-16(12)30)15(29)10-34-21(22,23)24/h11-14H,2-10H2,1H3,(H,25,30)(H,26,31)(H,27,32)(H,28,33)/t12-,13-,14-/m0/s1. The van der Waals surface area contributed by atoms with Gasteiger partial charge in [-0.2, -0.15) is 0 Å². The number of ether oxygens (including phenoxy) is 1. The number of Topliss-reactive ketones (excluding diaryl/α,β-unsaturated/α-hetero) is 1. The van der Waals surface area contributed by atoms with Crippen molar-refractivity contribution in [1.82, 2.24) is 21.3 Å². The van der Waals surface area contributed by atoms with Crippen LogP contribution in [-0.2, 0) is 28.7 Å². The van der Waals surface area contributed by atoms with E-state index in [2.05, 4.69) is 26.0 Å². The van der Waals surface area contributed by atoms with Gasteiger partial charge in [0.05, 0.1) is 6.04 Å². The Labute approximate surface area is 194 Å². The molecule has 0 aromatic rings. The molecule has 0 spiro atoms. The molecule has 0 radical (unpaired) electrons. The quantitative estimate of drug-likeness (QED) is 0.302. The first-order chi connectivity index (χ1) is 15.8. The molecule has 0 bridgehead atoms. The van der Waals surface area contributed by atoms with E-state index in [-0.39, 0.29) is 24.7 Å². The molecular formula is C21H29F3N4O6. The zero-order chi connectivity index (χ0) is 25.1. The molecule has 190 valence electrons. The van der Waals surface area contributed by atoms with E-state index < -0.39 is 60.0 Å². The molecule has 3 aliphatic rings. The third-order valence-corrected chi connectivity index (χ3v) is 6.28. The van der Waals surface area contributed by atoms with Crippen molar-refractivity contribution in [2.24, 2.45) is 11.8 Å². The molecule has 10 nitrogen and oxygen atoms in total. The van der Waals surface area contributed by atoms with Crippen molar-refractivity contribution >= 4 is 29.4 Å². The minimum atomic E-state index is -5.04. The highest BCUT2D eigenvalue weighted by atomic mass is 19.4. The van der Waals surface area contributed by atoms with Crippen LogP contribution in [0.4, 0.5) is 13.2 Å². The van der Waals surface area contributed by atoms with Crippen LogP contribution in [0.1, 0.15) is 51.9 Å². The number of carbonyl (C=O) groups is 5. The van der Waals surface area contributed by atoms with Gasteiger partial charge in [0.1, 0.15) is 12.6 Å². The van der Waals surface area contributed by atoms with E-state index in [1.165, 1.54) is 0 Å². The summed E-state index contributed by atoms with van der Waals surface area (Å²) < 4.78 is 40.9. The molecule has 3 rings (SSSR count). The average Bonchev–Trinajstić information content (AvgIpc) is 3.66. The Balaban J connectivity index is 1.65. The van der Waals surface area contributed by atoms with E-state index in [0.717, 1.165) is 25.7 Å². The Morgan fingerprint density at radius 2 is 1.74 bits per heavy atom. The number of rotatable bonds is 11. The Kier molecular flexibility index (Phi) is 7.84. The van der Waals surface area contributed by atoms with Crippen molar-refractivity contribution in [1.29, 1.82) is 0 Å². The number of halogens is 3. The third-order valence-electron chi connectivity index (χ3n) is 6.28. The van der Waals surface area contributed by atoms with Crippen molar-refractivity contribution < 1.29 is 41.9 Å². The zero-order valence-corrected chi connectivity index (χ0v) is 18.8. The van der Waals surface area contributed by atoms with Gasteiger partial charge in [-0.3, -0.25) is 28.7 Å². The normalized spacial score (nSPS) is 22.8. The second kappa shape index (κ2) is 10.3. The van der Waals surface area contributed by atoms with Crippen molar-refractivity contribution in [2.75, 3.05) is 13.2 Å². The highest BCUT2D eigenvalue weighted by Gasteiger charge is 2.41. The van der Waals surface area contributed by atoms with Gasteiger partial charge in [-0.25, -0.2) is 0 Å². The fraction of sp³-hybridized carbons (Fsp3) is 0.762. The molecule has 4 N–H and O–H groups in total. The Morgan fingerprint density at radius 1 is 1.06 bits per heavy atom. The van der Waals surface area contributed by atoms with E-state index >= 15 is 0 Å². The monoisotopic (exact) mass is 490 g/mol. The lowest BCUT2D eigenvalue weighted by molar-refractivity contribution is -0.321. The van der Waals surface area contributed by atoms with Crippen molar-refractivity contribution in [2.45, 2.75) is 75.9 Å². The first kappa shape index (κ1) is 25.9. The number of carbonyl (C=O) groups excluding carboxylic acids is 5. The van der Waals surface area contributed by atoms with Gasteiger partial charge >= 0.3 is 18.2 Å². The fourth-order valence-electron chi connectivity index (χ4n) is 3.74. The number of alkyl halides is 3. The van der Waals surface area contributed by atoms with Crippen LogP contribution in [0, 0.1) is 11.8 Å². The highest BCUT2D eigenvalue weighted by Crippen LogP contribution is 2.35. The summed E-state index contributed by atoms with van der Waals surface area (Å²) in [7, 11) is 0. The summed E-state index contributed by atoms with van der Waals surface area (Å²) in [6.07, 6.45) is -1.55. The Morgan fingerprint density at radius 3 is 2.26 bits per heavy atom. The number of ketones is 1.